The van der Waals surface area contributed by atoms with Crippen LogP contribution in [0, 0.1) is 13.8 Å². The fraction of sp³-hybridized carbons (Fsp3) is 0.474. The Morgan fingerprint density at radius 2 is 1.81 bits per heavy atom. The van der Waals surface area contributed by atoms with Crippen molar-refractivity contribution in [2.45, 2.75) is 26.8 Å². The van der Waals surface area contributed by atoms with Crippen molar-refractivity contribution in [1.82, 2.24) is 15.6 Å². The van der Waals surface area contributed by atoms with Gasteiger partial charge in [-0.15, -0.1) is 11.3 Å². The number of hydrogen-bond donors (Lipinski definition) is 2. The molecule has 8 heteroatoms. The Kier molecular flexibility index (Phi) is 7.72. The zero-order chi connectivity index (χ0) is 19.8. The summed E-state index contributed by atoms with van der Waals surface area (Å²) in [6.45, 7) is 5.45. The highest BCUT2D eigenvalue weighted by Gasteiger charge is 2.15. The van der Waals surface area contributed by atoms with Crippen molar-refractivity contribution in [2.24, 2.45) is 4.99 Å². The van der Waals surface area contributed by atoms with Crippen molar-refractivity contribution in [1.29, 1.82) is 0 Å². The van der Waals surface area contributed by atoms with Gasteiger partial charge in [-0.25, -0.2) is 4.98 Å². The largest absolute Gasteiger partial charge is 0.493 e. The first-order valence-electron chi connectivity index (χ1n) is 8.69. The molecule has 0 aliphatic heterocycles. The van der Waals surface area contributed by atoms with Gasteiger partial charge in [0.1, 0.15) is 0 Å². The normalized spacial score (nSPS) is 11.3. The van der Waals surface area contributed by atoms with Crippen LogP contribution in [0.15, 0.2) is 17.1 Å². The molecule has 0 radical (unpaired) electrons. The van der Waals surface area contributed by atoms with E-state index < -0.39 is 0 Å². The quantitative estimate of drug-likeness (QED) is 0.531. The monoisotopic (exact) mass is 392 g/mol. The number of aliphatic imine (C=N–C) groups is 1. The smallest absolute Gasteiger partial charge is 0.203 e. The van der Waals surface area contributed by atoms with Crippen LogP contribution in [0.2, 0.25) is 0 Å². The Hall–Kier alpha value is -2.48. The average Bonchev–Trinajstić information content (AvgIpc) is 3.00. The lowest BCUT2D eigenvalue weighted by Crippen LogP contribution is -2.37. The Bertz CT molecular complexity index is 790. The van der Waals surface area contributed by atoms with Gasteiger partial charge in [-0.3, -0.25) is 4.99 Å². The molecule has 2 N–H and O–H groups in total. The van der Waals surface area contributed by atoms with E-state index >= 15 is 0 Å². The molecule has 0 spiro atoms. The second-order valence-corrected chi connectivity index (χ2v) is 7.13. The summed E-state index contributed by atoms with van der Waals surface area (Å²) in [6.07, 6.45) is 0.753. The number of ether oxygens (including phenoxy) is 3. The van der Waals surface area contributed by atoms with Gasteiger partial charge in [0.05, 0.1) is 38.6 Å². The summed E-state index contributed by atoms with van der Waals surface area (Å²) in [4.78, 5) is 9.95. The third kappa shape index (κ3) is 5.26. The van der Waals surface area contributed by atoms with Crippen molar-refractivity contribution < 1.29 is 14.2 Å². The Morgan fingerprint density at radius 3 is 2.37 bits per heavy atom. The summed E-state index contributed by atoms with van der Waals surface area (Å²) in [5, 5.41) is 7.73. The van der Waals surface area contributed by atoms with Crippen LogP contribution in [-0.4, -0.2) is 45.9 Å². The molecule has 27 heavy (non-hydrogen) atoms. The first-order chi connectivity index (χ1) is 13.0. The molecule has 0 amide bonds. The van der Waals surface area contributed by atoms with E-state index in [1.807, 2.05) is 26.0 Å². The maximum Gasteiger partial charge on any atom is 0.203 e. The summed E-state index contributed by atoms with van der Waals surface area (Å²) >= 11 is 1.70. The third-order valence-corrected chi connectivity index (χ3v) is 5.18. The Morgan fingerprint density at radius 1 is 1.07 bits per heavy atom. The molecule has 1 aromatic heterocycles. The van der Waals surface area contributed by atoms with Gasteiger partial charge in [0.25, 0.3) is 0 Å². The summed E-state index contributed by atoms with van der Waals surface area (Å²) in [7, 11) is 6.61. The number of methoxy groups -OCH3 is 3. The molecule has 1 aromatic carbocycles. The van der Waals surface area contributed by atoms with Gasteiger partial charge in [-0.05, 0) is 26.3 Å². The van der Waals surface area contributed by atoms with Crippen LogP contribution in [0.4, 0.5) is 0 Å². The summed E-state index contributed by atoms with van der Waals surface area (Å²) < 4.78 is 16.3. The zero-order valence-corrected chi connectivity index (χ0v) is 17.6. The van der Waals surface area contributed by atoms with Crippen LogP contribution in [0.1, 0.15) is 21.1 Å². The van der Waals surface area contributed by atoms with Gasteiger partial charge in [0.15, 0.2) is 17.5 Å². The average molecular weight is 393 g/mol. The number of guanidine groups is 1. The van der Waals surface area contributed by atoms with Crippen molar-refractivity contribution in [3.63, 3.8) is 0 Å². The number of nitrogens with one attached hydrogen (secondary N) is 2. The van der Waals surface area contributed by atoms with Crippen LogP contribution in [0.25, 0.3) is 0 Å². The SMILES string of the molecule is CN=C(NCCc1ccc(OC)c(OC)c1OC)NCc1sc(C)nc1C. The van der Waals surface area contributed by atoms with Crippen molar-refractivity contribution in [3.05, 3.63) is 33.3 Å². The standard InChI is InChI=1S/C19H28N4O3S/c1-12-16(27-13(2)23-12)11-22-19(20-3)21-10-9-14-7-8-15(24-4)18(26-6)17(14)25-5/h7-8H,9-11H2,1-6H3,(H2,20,21,22). The molecule has 148 valence electrons. The topological polar surface area (TPSA) is 77.0 Å². The molecule has 0 saturated carbocycles. The lowest BCUT2D eigenvalue weighted by molar-refractivity contribution is 0.322. The molecule has 1 heterocycles. The van der Waals surface area contributed by atoms with Crippen LogP contribution < -0.4 is 24.8 Å². The summed E-state index contributed by atoms with van der Waals surface area (Å²) in [5.74, 6) is 2.70. The molecule has 0 atom stereocenters. The first kappa shape index (κ1) is 20.8. The molecule has 0 unspecified atom stereocenters. The van der Waals surface area contributed by atoms with E-state index in [4.69, 9.17) is 14.2 Å². The van der Waals surface area contributed by atoms with Crippen LogP contribution in [0.5, 0.6) is 17.2 Å². The lowest BCUT2D eigenvalue weighted by Gasteiger charge is -2.16. The fourth-order valence-electron chi connectivity index (χ4n) is 2.80. The van der Waals surface area contributed by atoms with E-state index in [-0.39, 0.29) is 0 Å². The van der Waals surface area contributed by atoms with Crippen molar-refractivity contribution in [2.75, 3.05) is 34.9 Å². The van der Waals surface area contributed by atoms with Gasteiger partial charge in [0.2, 0.25) is 5.75 Å². The summed E-state index contributed by atoms with van der Waals surface area (Å²) in [6, 6.07) is 3.88. The molecule has 0 aliphatic carbocycles. The van der Waals surface area contributed by atoms with E-state index in [2.05, 4.69) is 20.6 Å². The number of aryl methyl sites for hydroxylation is 2. The first-order valence-corrected chi connectivity index (χ1v) is 9.50. The molecule has 0 saturated heterocycles. The highest BCUT2D eigenvalue weighted by molar-refractivity contribution is 7.11. The summed E-state index contributed by atoms with van der Waals surface area (Å²) in [5.41, 5.74) is 2.10. The maximum absolute atomic E-state index is 5.53. The third-order valence-electron chi connectivity index (χ3n) is 4.11. The predicted octanol–water partition coefficient (Wildman–Crippen LogP) is 2.69. The highest BCUT2D eigenvalue weighted by Crippen LogP contribution is 2.39. The molecular weight excluding hydrogens is 364 g/mol. The van der Waals surface area contributed by atoms with E-state index in [1.54, 1.807) is 39.7 Å². The number of thiazole rings is 1. The van der Waals surface area contributed by atoms with Crippen molar-refractivity contribution in [3.8, 4) is 17.2 Å². The lowest BCUT2D eigenvalue weighted by atomic mass is 10.1. The van der Waals surface area contributed by atoms with Gasteiger partial charge in [-0.2, -0.15) is 0 Å². The molecule has 2 aromatic rings. The van der Waals surface area contributed by atoms with Gasteiger partial charge in [-0.1, -0.05) is 6.07 Å². The number of hydrogen-bond acceptors (Lipinski definition) is 6. The van der Waals surface area contributed by atoms with Gasteiger partial charge >= 0.3 is 0 Å². The van der Waals surface area contributed by atoms with Crippen LogP contribution in [0.3, 0.4) is 0 Å². The minimum Gasteiger partial charge on any atom is -0.493 e. The minimum atomic E-state index is 0.607. The van der Waals surface area contributed by atoms with E-state index in [1.165, 1.54) is 4.88 Å². The van der Waals surface area contributed by atoms with Crippen molar-refractivity contribution >= 4 is 17.3 Å². The van der Waals surface area contributed by atoms with E-state index in [9.17, 15) is 0 Å². The second kappa shape index (κ2) is 10.0. The maximum atomic E-state index is 5.53. The number of benzene rings is 1. The van der Waals surface area contributed by atoms with Gasteiger partial charge in [0, 0.05) is 24.0 Å². The van der Waals surface area contributed by atoms with Gasteiger partial charge < -0.3 is 24.8 Å². The molecule has 2 rings (SSSR count). The zero-order valence-electron chi connectivity index (χ0n) is 16.8. The minimum absolute atomic E-state index is 0.607. The van der Waals surface area contributed by atoms with E-state index in [0.29, 0.717) is 30.3 Å². The second-order valence-electron chi connectivity index (χ2n) is 5.84. The Balaban J connectivity index is 1.95. The van der Waals surface area contributed by atoms with Crippen LogP contribution >= 0.6 is 11.3 Å². The van der Waals surface area contributed by atoms with E-state index in [0.717, 1.165) is 28.6 Å². The molecule has 7 nitrogen and oxygen atoms in total. The predicted molar refractivity (Wildman–Crippen MR) is 110 cm³/mol. The molecule has 0 aliphatic rings. The molecular formula is C19H28N4O3S. The van der Waals surface area contributed by atoms with Crippen LogP contribution in [-0.2, 0) is 13.0 Å². The molecule has 0 fully saturated rings. The number of rotatable bonds is 8. The molecule has 0 bridgehead atoms. The fourth-order valence-corrected chi connectivity index (χ4v) is 3.67. The highest BCUT2D eigenvalue weighted by atomic mass is 32.1. The number of aromatic nitrogens is 1. The Labute approximate surface area is 164 Å². The number of nitrogens with zero attached hydrogens (tertiary/aromatic N) is 2.